The van der Waals surface area contributed by atoms with E-state index in [4.69, 9.17) is 4.74 Å². The summed E-state index contributed by atoms with van der Waals surface area (Å²) in [4.78, 5) is 0. The zero-order valence-corrected chi connectivity index (χ0v) is 9.26. The van der Waals surface area contributed by atoms with E-state index in [1.807, 2.05) is 36.4 Å². The molecule has 0 unspecified atom stereocenters. The topological polar surface area (TPSA) is 12.5 Å². The molecular formula is C14H11LiO. The zero-order chi connectivity index (χ0) is 10.1. The van der Waals surface area contributed by atoms with Crippen LogP contribution in [0.15, 0.2) is 54.6 Å². The van der Waals surface area contributed by atoms with Crippen molar-refractivity contribution in [2.45, 2.75) is 12.2 Å². The van der Waals surface area contributed by atoms with E-state index in [9.17, 15) is 0 Å². The summed E-state index contributed by atoms with van der Waals surface area (Å²) in [5, 5.41) is 0. The summed E-state index contributed by atoms with van der Waals surface area (Å²) in [6.45, 7) is 0. The van der Waals surface area contributed by atoms with Gasteiger partial charge in [-0.2, -0.15) is 30.3 Å². The fraction of sp³-hybridized carbons (Fsp3) is 0.143. The third kappa shape index (κ3) is 2.22. The first kappa shape index (κ1) is 11.5. The molecule has 0 bridgehead atoms. The first-order chi connectivity index (χ1) is 7.45. The Bertz CT molecular complexity index is 397. The molecule has 1 nitrogen and oxygen atoms in total. The van der Waals surface area contributed by atoms with Crippen molar-refractivity contribution in [1.82, 2.24) is 0 Å². The first-order valence-electron chi connectivity index (χ1n) is 5.12. The number of epoxide rings is 1. The average Bonchev–Trinajstić information content (AvgIpc) is 3.11. The molecule has 74 valence electrons. The molecule has 2 aromatic rings. The molecule has 1 heterocycles. The SMILES string of the molecule is [Li+].[c-]1ccccc1[C@H]1O[C@H]1c1ccccc1. The normalized spacial score (nSPS) is 22.2. The largest absolute Gasteiger partial charge is 1.00 e. The van der Waals surface area contributed by atoms with Gasteiger partial charge in [-0.1, -0.05) is 30.3 Å². The van der Waals surface area contributed by atoms with E-state index in [0.29, 0.717) is 0 Å². The molecular weight excluding hydrogens is 191 g/mol. The second-order valence-electron chi connectivity index (χ2n) is 3.71. The van der Waals surface area contributed by atoms with Crippen molar-refractivity contribution in [2.75, 3.05) is 0 Å². The van der Waals surface area contributed by atoms with Gasteiger partial charge in [-0.05, 0) is 5.56 Å². The predicted molar refractivity (Wildman–Crippen MR) is 58.3 cm³/mol. The van der Waals surface area contributed by atoms with Crippen LogP contribution in [-0.2, 0) is 4.74 Å². The van der Waals surface area contributed by atoms with E-state index >= 15 is 0 Å². The van der Waals surface area contributed by atoms with E-state index in [1.165, 1.54) is 5.56 Å². The second kappa shape index (κ2) is 4.89. The van der Waals surface area contributed by atoms with Crippen molar-refractivity contribution in [2.24, 2.45) is 0 Å². The van der Waals surface area contributed by atoms with Crippen molar-refractivity contribution < 1.29 is 23.6 Å². The van der Waals surface area contributed by atoms with Gasteiger partial charge in [0, 0.05) is 0 Å². The minimum Gasteiger partial charge on any atom is -0.362 e. The first-order valence-corrected chi connectivity index (χ1v) is 5.12. The maximum absolute atomic E-state index is 5.66. The molecule has 0 aliphatic carbocycles. The molecule has 0 spiro atoms. The van der Waals surface area contributed by atoms with Crippen LogP contribution in [0.4, 0.5) is 0 Å². The van der Waals surface area contributed by atoms with Crippen LogP contribution in [0.25, 0.3) is 0 Å². The summed E-state index contributed by atoms with van der Waals surface area (Å²) in [5.41, 5.74) is 2.39. The molecule has 0 aromatic heterocycles. The minimum atomic E-state index is 0. The molecule has 16 heavy (non-hydrogen) atoms. The molecule has 0 amide bonds. The van der Waals surface area contributed by atoms with Gasteiger partial charge in [-0.25, -0.2) is 0 Å². The van der Waals surface area contributed by atoms with Crippen molar-refractivity contribution in [1.29, 1.82) is 0 Å². The number of benzene rings is 2. The molecule has 1 aliphatic heterocycles. The van der Waals surface area contributed by atoms with Gasteiger partial charge in [-0.15, -0.1) is 5.56 Å². The molecule has 3 rings (SSSR count). The van der Waals surface area contributed by atoms with Gasteiger partial charge in [0.1, 0.15) is 6.10 Å². The van der Waals surface area contributed by atoms with Gasteiger partial charge in [0.25, 0.3) is 0 Å². The Kier molecular flexibility index (Phi) is 3.51. The van der Waals surface area contributed by atoms with Gasteiger partial charge in [-0.3, -0.25) is 0 Å². The third-order valence-corrected chi connectivity index (χ3v) is 2.66. The fourth-order valence-electron chi connectivity index (χ4n) is 1.83. The van der Waals surface area contributed by atoms with Crippen LogP contribution in [0.2, 0.25) is 0 Å². The maximum atomic E-state index is 5.66. The van der Waals surface area contributed by atoms with Crippen molar-refractivity contribution in [3.63, 3.8) is 0 Å². The third-order valence-electron chi connectivity index (χ3n) is 2.66. The summed E-state index contributed by atoms with van der Waals surface area (Å²) in [7, 11) is 0. The van der Waals surface area contributed by atoms with E-state index in [2.05, 4.69) is 24.3 Å². The van der Waals surface area contributed by atoms with E-state index in [0.717, 1.165) is 5.56 Å². The van der Waals surface area contributed by atoms with Crippen LogP contribution in [0.3, 0.4) is 0 Å². The summed E-state index contributed by atoms with van der Waals surface area (Å²) in [5.74, 6) is 0. The molecule has 0 saturated carbocycles. The average molecular weight is 202 g/mol. The van der Waals surface area contributed by atoms with E-state index in [-0.39, 0.29) is 31.1 Å². The van der Waals surface area contributed by atoms with Crippen molar-refractivity contribution in [3.05, 3.63) is 71.8 Å². The molecule has 0 radical (unpaired) electrons. The summed E-state index contributed by atoms with van der Waals surface area (Å²) < 4.78 is 5.66. The molecule has 1 saturated heterocycles. The predicted octanol–water partition coefficient (Wildman–Crippen LogP) is 0.303. The Labute approximate surface area is 108 Å². The van der Waals surface area contributed by atoms with Crippen LogP contribution in [0.5, 0.6) is 0 Å². The van der Waals surface area contributed by atoms with Crippen LogP contribution in [0, 0.1) is 6.07 Å². The number of ether oxygens (including phenoxy) is 1. The Balaban J connectivity index is 0.000000963. The summed E-state index contributed by atoms with van der Waals surface area (Å²) in [6.07, 6.45) is 0.429. The standard InChI is InChI=1S/C14H11O.Li/c1-3-7-11(8-4-1)13-14(15-13)12-9-5-2-6-10-12;/h1-9,13-14H;/q-1;+1/t13-,14+;/m0./s1. The van der Waals surface area contributed by atoms with Gasteiger partial charge in [0.2, 0.25) is 0 Å². The maximum Gasteiger partial charge on any atom is 1.00 e. The molecule has 0 N–H and O–H groups in total. The minimum absolute atomic E-state index is 0. The van der Waals surface area contributed by atoms with Crippen molar-refractivity contribution in [3.8, 4) is 0 Å². The second-order valence-corrected chi connectivity index (χ2v) is 3.71. The van der Waals surface area contributed by atoms with E-state index in [1.54, 1.807) is 0 Å². The van der Waals surface area contributed by atoms with Crippen molar-refractivity contribution >= 4 is 0 Å². The smallest absolute Gasteiger partial charge is 0.362 e. The van der Waals surface area contributed by atoms with E-state index < -0.39 is 0 Å². The van der Waals surface area contributed by atoms with Crippen LogP contribution in [-0.4, -0.2) is 0 Å². The van der Waals surface area contributed by atoms with Gasteiger partial charge >= 0.3 is 18.9 Å². The number of rotatable bonds is 2. The fourth-order valence-corrected chi connectivity index (χ4v) is 1.83. The van der Waals surface area contributed by atoms with Gasteiger partial charge in [0.05, 0.1) is 6.10 Å². The quantitative estimate of drug-likeness (QED) is 0.388. The summed E-state index contributed by atoms with van der Waals surface area (Å²) in [6, 6.07) is 21.5. The van der Waals surface area contributed by atoms with Crippen LogP contribution in [0.1, 0.15) is 23.3 Å². The van der Waals surface area contributed by atoms with Crippen LogP contribution < -0.4 is 18.9 Å². The molecule has 2 aromatic carbocycles. The summed E-state index contributed by atoms with van der Waals surface area (Å²) >= 11 is 0. The Hall–Kier alpha value is -1.00. The molecule has 1 fully saturated rings. The molecule has 1 aliphatic rings. The van der Waals surface area contributed by atoms with Gasteiger partial charge < -0.3 is 4.74 Å². The van der Waals surface area contributed by atoms with Gasteiger partial charge in [0.15, 0.2) is 0 Å². The molecule has 2 atom stereocenters. The Morgan fingerprint density at radius 3 is 2.31 bits per heavy atom. The zero-order valence-electron chi connectivity index (χ0n) is 9.26. The Morgan fingerprint density at radius 1 is 0.875 bits per heavy atom. The number of hydrogen-bond acceptors (Lipinski definition) is 1. The molecule has 2 heteroatoms. The number of hydrogen-bond donors (Lipinski definition) is 0. The van der Waals surface area contributed by atoms with Crippen LogP contribution >= 0.6 is 0 Å². The monoisotopic (exact) mass is 202 g/mol. The Morgan fingerprint density at radius 2 is 1.62 bits per heavy atom.